The van der Waals surface area contributed by atoms with Gasteiger partial charge in [0.05, 0.1) is 0 Å². The summed E-state index contributed by atoms with van der Waals surface area (Å²) in [7, 11) is 0. The Morgan fingerprint density at radius 3 is 2.53 bits per heavy atom. The molecule has 1 atom stereocenters. The van der Waals surface area contributed by atoms with Gasteiger partial charge in [-0.15, -0.1) is 11.3 Å². The maximum atomic E-state index is 3.61. The maximum Gasteiger partial charge on any atom is 0.0414 e. The predicted molar refractivity (Wildman–Crippen MR) is 84.9 cm³/mol. The van der Waals surface area contributed by atoms with E-state index < -0.39 is 0 Å². The van der Waals surface area contributed by atoms with E-state index in [0.717, 1.165) is 6.54 Å². The average molecular weight is 273 g/mol. The van der Waals surface area contributed by atoms with E-state index in [0.29, 0.717) is 6.04 Å². The van der Waals surface area contributed by atoms with Gasteiger partial charge < -0.3 is 5.32 Å². The van der Waals surface area contributed by atoms with Gasteiger partial charge in [-0.1, -0.05) is 37.3 Å². The summed E-state index contributed by atoms with van der Waals surface area (Å²) in [6.45, 7) is 5.40. The van der Waals surface area contributed by atoms with Gasteiger partial charge in [-0.25, -0.2) is 0 Å². The first-order chi connectivity index (χ1) is 9.29. The molecule has 2 aromatic rings. The third kappa shape index (κ3) is 4.48. The van der Waals surface area contributed by atoms with E-state index in [1.54, 1.807) is 0 Å². The highest BCUT2D eigenvalue weighted by atomic mass is 32.1. The van der Waals surface area contributed by atoms with Crippen LogP contribution in [-0.2, 0) is 6.42 Å². The van der Waals surface area contributed by atoms with Crippen molar-refractivity contribution in [2.45, 2.75) is 39.2 Å². The quantitative estimate of drug-likeness (QED) is 0.769. The second-order valence-corrected chi connectivity index (χ2v) is 6.26. The molecule has 0 aliphatic rings. The van der Waals surface area contributed by atoms with Crippen molar-refractivity contribution in [3.63, 3.8) is 0 Å². The Morgan fingerprint density at radius 2 is 1.89 bits per heavy atom. The molecule has 0 aliphatic carbocycles. The lowest BCUT2D eigenvalue weighted by Gasteiger charge is -2.16. The van der Waals surface area contributed by atoms with Gasteiger partial charge in [0.1, 0.15) is 0 Å². The molecule has 19 heavy (non-hydrogen) atoms. The molecular weight excluding hydrogens is 250 g/mol. The Hall–Kier alpha value is -1.12. The third-order valence-electron chi connectivity index (χ3n) is 3.36. The largest absolute Gasteiger partial charge is 0.310 e. The lowest BCUT2D eigenvalue weighted by Crippen LogP contribution is -2.20. The zero-order valence-corrected chi connectivity index (χ0v) is 12.7. The molecule has 1 N–H and O–H groups in total. The van der Waals surface area contributed by atoms with Crippen LogP contribution in [0.4, 0.5) is 0 Å². The molecule has 0 fully saturated rings. The Bertz CT molecular complexity index is 475. The van der Waals surface area contributed by atoms with Gasteiger partial charge in [-0.2, -0.15) is 0 Å². The number of nitrogens with one attached hydrogen (secondary N) is 1. The van der Waals surface area contributed by atoms with Crippen LogP contribution in [0.5, 0.6) is 0 Å². The number of hydrogen-bond acceptors (Lipinski definition) is 2. The topological polar surface area (TPSA) is 12.0 Å². The number of rotatable bonds is 7. The van der Waals surface area contributed by atoms with Gasteiger partial charge in [0.15, 0.2) is 0 Å². The molecule has 0 spiro atoms. The number of benzene rings is 1. The van der Waals surface area contributed by atoms with Crippen molar-refractivity contribution in [3.8, 4) is 0 Å². The molecule has 0 aliphatic heterocycles. The Morgan fingerprint density at radius 1 is 1.11 bits per heavy atom. The van der Waals surface area contributed by atoms with Crippen LogP contribution in [0.2, 0.25) is 0 Å². The monoisotopic (exact) mass is 273 g/mol. The minimum absolute atomic E-state index is 0.521. The van der Waals surface area contributed by atoms with E-state index in [1.807, 2.05) is 11.3 Å². The minimum atomic E-state index is 0.521. The molecule has 2 heteroatoms. The van der Waals surface area contributed by atoms with Crippen LogP contribution in [0.25, 0.3) is 0 Å². The molecule has 1 nitrogen and oxygen atoms in total. The van der Waals surface area contributed by atoms with Crippen LogP contribution < -0.4 is 5.32 Å². The molecule has 0 amide bonds. The van der Waals surface area contributed by atoms with Gasteiger partial charge in [0.2, 0.25) is 0 Å². The molecule has 0 saturated heterocycles. The summed E-state index contributed by atoms with van der Waals surface area (Å²) in [5.74, 6) is 0. The summed E-state index contributed by atoms with van der Waals surface area (Å²) < 4.78 is 0. The first-order valence-corrected chi connectivity index (χ1v) is 7.95. The van der Waals surface area contributed by atoms with Gasteiger partial charge in [0, 0.05) is 15.8 Å². The second-order valence-electron chi connectivity index (χ2n) is 4.94. The van der Waals surface area contributed by atoms with Crippen LogP contribution in [0.3, 0.4) is 0 Å². The second kappa shape index (κ2) is 7.46. The highest BCUT2D eigenvalue weighted by Crippen LogP contribution is 2.26. The van der Waals surface area contributed by atoms with E-state index in [9.17, 15) is 0 Å². The summed E-state index contributed by atoms with van der Waals surface area (Å²) >= 11 is 1.92. The fraction of sp³-hybridized carbons (Fsp3) is 0.412. The molecule has 1 unspecified atom stereocenters. The van der Waals surface area contributed by atoms with E-state index in [4.69, 9.17) is 0 Å². The van der Waals surface area contributed by atoms with Crippen molar-refractivity contribution < 1.29 is 0 Å². The average Bonchev–Trinajstić information content (AvgIpc) is 2.86. The first kappa shape index (κ1) is 14.3. The van der Waals surface area contributed by atoms with Crippen molar-refractivity contribution in [1.29, 1.82) is 0 Å². The fourth-order valence-corrected chi connectivity index (χ4v) is 3.37. The minimum Gasteiger partial charge on any atom is -0.310 e. The molecule has 0 bridgehead atoms. The fourth-order valence-electron chi connectivity index (χ4n) is 2.39. The van der Waals surface area contributed by atoms with Crippen molar-refractivity contribution >= 4 is 11.3 Å². The zero-order valence-electron chi connectivity index (χ0n) is 11.9. The Labute approximate surface area is 120 Å². The predicted octanol–water partition coefficient (Wildman–Crippen LogP) is 4.73. The maximum absolute atomic E-state index is 3.61. The molecule has 1 aromatic heterocycles. The molecule has 102 valence electrons. The summed E-state index contributed by atoms with van der Waals surface area (Å²) in [5, 5.41) is 3.61. The lowest BCUT2D eigenvalue weighted by atomic mass is 10.0. The van der Waals surface area contributed by atoms with Crippen LogP contribution >= 0.6 is 11.3 Å². The van der Waals surface area contributed by atoms with Gasteiger partial charge in [-0.05, 0) is 50.4 Å². The van der Waals surface area contributed by atoms with Crippen molar-refractivity contribution in [3.05, 3.63) is 57.8 Å². The lowest BCUT2D eigenvalue weighted by molar-refractivity contribution is 0.505. The van der Waals surface area contributed by atoms with Crippen LogP contribution in [0.1, 0.15) is 41.1 Å². The highest BCUT2D eigenvalue weighted by molar-refractivity contribution is 7.12. The van der Waals surface area contributed by atoms with Crippen LogP contribution in [0.15, 0.2) is 42.5 Å². The number of hydrogen-bond donors (Lipinski definition) is 1. The van der Waals surface area contributed by atoms with Crippen molar-refractivity contribution in [2.24, 2.45) is 0 Å². The first-order valence-electron chi connectivity index (χ1n) is 7.13. The third-order valence-corrected chi connectivity index (χ3v) is 4.47. The van der Waals surface area contributed by atoms with Crippen LogP contribution in [-0.4, -0.2) is 6.54 Å². The normalized spacial score (nSPS) is 12.5. The Balaban J connectivity index is 1.87. The van der Waals surface area contributed by atoms with E-state index in [2.05, 4.69) is 61.6 Å². The number of thiophene rings is 1. The number of aryl methyl sites for hydroxylation is 2. The SMILES string of the molecule is CCNC(CCCc1ccccc1)c1ccc(C)s1. The van der Waals surface area contributed by atoms with Crippen molar-refractivity contribution in [2.75, 3.05) is 6.54 Å². The summed E-state index contributed by atoms with van der Waals surface area (Å²) in [4.78, 5) is 2.88. The van der Waals surface area contributed by atoms with E-state index >= 15 is 0 Å². The summed E-state index contributed by atoms with van der Waals surface area (Å²) in [5.41, 5.74) is 1.44. The molecular formula is C17H23NS. The van der Waals surface area contributed by atoms with Gasteiger partial charge in [0.25, 0.3) is 0 Å². The van der Waals surface area contributed by atoms with Crippen LogP contribution in [0, 0.1) is 6.92 Å². The molecule has 1 heterocycles. The molecule has 2 rings (SSSR count). The van der Waals surface area contributed by atoms with E-state index in [-0.39, 0.29) is 0 Å². The standard InChI is InChI=1S/C17H23NS/c1-3-18-16(17-13-12-14(2)19-17)11-7-10-15-8-5-4-6-9-15/h4-6,8-9,12-13,16,18H,3,7,10-11H2,1-2H3. The smallest absolute Gasteiger partial charge is 0.0414 e. The summed E-state index contributed by atoms with van der Waals surface area (Å²) in [6.07, 6.45) is 3.62. The zero-order chi connectivity index (χ0) is 13.5. The summed E-state index contributed by atoms with van der Waals surface area (Å²) in [6, 6.07) is 15.8. The van der Waals surface area contributed by atoms with Gasteiger partial charge in [-0.3, -0.25) is 0 Å². The molecule has 0 saturated carbocycles. The van der Waals surface area contributed by atoms with Crippen molar-refractivity contribution in [1.82, 2.24) is 5.32 Å². The highest BCUT2D eigenvalue weighted by Gasteiger charge is 2.11. The molecule has 0 radical (unpaired) electrons. The molecule has 1 aromatic carbocycles. The van der Waals surface area contributed by atoms with E-state index in [1.165, 1.54) is 34.6 Å². The Kier molecular flexibility index (Phi) is 5.62. The van der Waals surface area contributed by atoms with Gasteiger partial charge >= 0.3 is 0 Å².